The van der Waals surface area contributed by atoms with Gasteiger partial charge in [-0.05, 0) is 50.1 Å². The summed E-state index contributed by atoms with van der Waals surface area (Å²) in [7, 11) is -3.55. The number of sulfonamides is 1. The number of halogens is 1. The van der Waals surface area contributed by atoms with Crippen LogP contribution in [0.3, 0.4) is 0 Å². The molecule has 2 heterocycles. The van der Waals surface area contributed by atoms with Crippen LogP contribution in [0.4, 0.5) is 0 Å². The zero-order valence-electron chi connectivity index (χ0n) is 13.2. The van der Waals surface area contributed by atoms with Crippen LogP contribution in [0.5, 0.6) is 5.88 Å². The molecule has 1 fully saturated rings. The average molecular weight is 368 g/mol. The lowest BCUT2D eigenvalue weighted by Gasteiger charge is -2.31. The standard InChI is InChI=1S/C16H18ClN3O3S/c1-12-4-9-16(19-18-12)23-14-3-2-10-20(11-14)24(21,22)15-7-5-13(17)6-8-15/h4-9,14H,2-3,10-11H2,1H3. The highest BCUT2D eigenvalue weighted by molar-refractivity contribution is 7.89. The number of piperidine rings is 1. The summed E-state index contributed by atoms with van der Waals surface area (Å²) >= 11 is 5.83. The summed E-state index contributed by atoms with van der Waals surface area (Å²) in [6.45, 7) is 2.61. The smallest absolute Gasteiger partial charge is 0.243 e. The third-order valence-electron chi connectivity index (χ3n) is 3.85. The molecule has 24 heavy (non-hydrogen) atoms. The van der Waals surface area contributed by atoms with E-state index < -0.39 is 10.0 Å². The number of hydrogen-bond donors (Lipinski definition) is 0. The maximum absolute atomic E-state index is 12.7. The molecule has 0 aliphatic carbocycles. The summed E-state index contributed by atoms with van der Waals surface area (Å²) in [6.07, 6.45) is 1.27. The minimum atomic E-state index is -3.55. The van der Waals surface area contributed by atoms with E-state index in [9.17, 15) is 8.42 Å². The molecule has 0 bridgehead atoms. The van der Waals surface area contributed by atoms with Crippen molar-refractivity contribution < 1.29 is 13.2 Å². The molecule has 1 unspecified atom stereocenters. The molecule has 0 saturated carbocycles. The first kappa shape index (κ1) is 17.1. The third kappa shape index (κ3) is 3.85. The van der Waals surface area contributed by atoms with Gasteiger partial charge in [-0.15, -0.1) is 5.10 Å². The van der Waals surface area contributed by atoms with Crippen LogP contribution >= 0.6 is 11.6 Å². The molecule has 2 aromatic rings. The molecule has 1 aromatic carbocycles. The molecule has 6 nitrogen and oxygen atoms in total. The summed E-state index contributed by atoms with van der Waals surface area (Å²) < 4.78 is 32.7. The van der Waals surface area contributed by atoms with Crippen LogP contribution in [0.1, 0.15) is 18.5 Å². The van der Waals surface area contributed by atoms with Gasteiger partial charge in [0.15, 0.2) is 0 Å². The van der Waals surface area contributed by atoms with Crippen LogP contribution < -0.4 is 4.74 Å². The Labute approximate surface area is 146 Å². The van der Waals surface area contributed by atoms with Crippen molar-refractivity contribution >= 4 is 21.6 Å². The van der Waals surface area contributed by atoms with Gasteiger partial charge >= 0.3 is 0 Å². The second kappa shape index (κ2) is 7.04. The Kier molecular flexibility index (Phi) is 5.03. The predicted octanol–water partition coefficient (Wildman–Crippen LogP) is 2.67. The Morgan fingerprint density at radius 1 is 1.17 bits per heavy atom. The maximum Gasteiger partial charge on any atom is 0.243 e. The fourth-order valence-electron chi connectivity index (χ4n) is 2.60. The number of benzene rings is 1. The fraction of sp³-hybridized carbons (Fsp3) is 0.375. The summed E-state index contributed by atoms with van der Waals surface area (Å²) in [5.41, 5.74) is 0.804. The molecule has 8 heteroatoms. The topological polar surface area (TPSA) is 72.4 Å². The largest absolute Gasteiger partial charge is 0.472 e. The van der Waals surface area contributed by atoms with E-state index in [1.807, 2.05) is 13.0 Å². The Morgan fingerprint density at radius 3 is 2.58 bits per heavy atom. The van der Waals surface area contributed by atoms with Crippen molar-refractivity contribution in [2.24, 2.45) is 0 Å². The van der Waals surface area contributed by atoms with Crippen LogP contribution in [-0.4, -0.2) is 42.1 Å². The molecule has 0 amide bonds. The molecule has 0 radical (unpaired) electrons. The summed E-state index contributed by atoms with van der Waals surface area (Å²) in [5.74, 6) is 0.413. The number of hydrogen-bond acceptors (Lipinski definition) is 5. The van der Waals surface area contributed by atoms with Gasteiger partial charge in [0, 0.05) is 17.6 Å². The molecule has 1 saturated heterocycles. The highest BCUT2D eigenvalue weighted by atomic mass is 35.5. The highest BCUT2D eigenvalue weighted by Gasteiger charge is 2.31. The minimum Gasteiger partial charge on any atom is -0.472 e. The highest BCUT2D eigenvalue weighted by Crippen LogP contribution is 2.24. The van der Waals surface area contributed by atoms with E-state index in [0.717, 1.165) is 18.5 Å². The zero-order chi connectivity index (χ0) is 17.2. The molecule has 128 valence electrons. The Morgan fingerprint density at radius 2 is 1.92 bits per heavy atom. The van der Waals surface area contributed by atoms with Crippen molar-refractivity contribution in [1.29, 1.82) is 0 Å². The summed E-state index contributed by atoms with van der Waals surface area (Å²) in [5, 5.41) is 8.43. The lowest BCUT2D eigenvalue weighted by molar-refractivity contribution is 0.123. The SMILES string of the molecule is Cc1ccc(OC2CCCN(S(=O)(=O)c3ccc(Cl)cc3)C2)nn1. The monoisotopic (exact) mass is 367 g/mol. The maximum atomic E-state index is 12.7. The predicted molar refractivity (Wildman–Crippen MR) is 90.6 cm³/mol. The van der Waals surface area contributed by atoms with Crippen LogP contribution in [0.25, 0.3) is 0 Å². The zero-order valence-corrected chi connectivity index (χ0v) is 14.8. The Bertz CT molecular complexity index is 794. The van der Waals surface area contributed by atoms with Crippen molar-refractivity contribution in [3.63, 3.8) is 0 Å². The molecule has 3 rings (SSSR count). The molecular weight excluding hydrogens is 350 g/mol. The average Bonchev–Trinajstić information content (AvgIpc) is 2.58. The van der Waals surface area contributed by atoms with Crippen LogP contribution in [0, 0.1) is 6.92 Å². The van der Waals surface area contributed by atoms with Crippen molar-refractivity contribution in [2.45, 2.75) is 30.8 Å². The van der Waals surface area contributed by atoms with Gasteiger partial charge in [0.1, 0.15) is 6.10 Å². The van der Waals surface area contributed by atoms with Crippen LogP contribution in [-0.2, 0) is 10.0 Å². The van der Waals surface area contributed by atoms with Gasteiger partial charge in [-0.2, -0.15) is 9.40 Å². The van der Waals surface area contributed by atoms with Gasteiger partial charge in [-0.25, -0.2) is 8.42 Å². The van der Waals surface area contributed by atoms with Crippen molar-refractivity contribution in [3.8, 4) is 5.88 Å². The molecule has 1 aliphatic heterocycles. The van der Waals surface area contributed by atoms with Gasteiger partial charge in [0.2, 0.25) is 15.9 Å². The summed E-state index contributed by atoms with van der Waals surface area (Å²) in [6, 6.07) is 9.76. The van der Waals surface area contributed by atoms with Crippen LogP contribution in [0.2, 0.25) is 5.02 Å². The van der Waals surface area contributed by atoms with E-state index in [-0.39, 0.29) is 11.0 Å². The summed E-state index contributed by atoms with van der Waals surface area (Å²) in [4.78, 5) is 0.239. The molecule has 0 spiro atoms. The van der Waals surface area contributed by atoms with Crippen molar-refractivity contribution in [1.82, 2.24) is 14.5 Å². The quantitative estimate of drug-likeness (QED) is 0.830. The lowest BCUT2D eigenvalue weighted by atomic mass is 10.1. The third-order valence-corrected chi connectivity index (χ3v) is 5.98. The molecular formula is C16H18ClN3O3S. The first-order valence-electron chi connectivity index (χ1n) is 7.68. The number of aromatic nitrogens is 2. The second-order valence-corrected chi connectivity index (χ2v) is 8.09. The number of nitrogens with zero attached hydrogens (tertiary/aromatic N) is 3. The first-order chi connectivity index (χ1) is 11.4. The first-order valence-corrected chi connectivity index (χ1v) is 9.50. The van der Waals surface area contributed by atoms with E-state index in [1.165, 1.54) is 16.4 Å². The number of rotatable bonds is 4. The van der Waals surface area contributed by atoms with Gasteiger partial charge < -0.3 is 4.74 Å². The second-order valence-electron chi connectivity index (χ2n) is 5.71. The normalized spacial score (nSPS) is 19.2. The molecule has 1 aliphatic rings. The molecule has 0 N–H and O–H groups in total. The van der Waals surface area contributed by atoms with E-state index in [1.54, 1.807) is 18.2 Å². The number of ether oxygens (including phenoxy) is 1. The van der Waals surface area contributed by atoms with Gasteiger partial charge in [-0.3, -0.25) is 0 Å². The van der Waals surface area contributed by atoms with E-state index >= 15 is 0 Å². The van der Waals surface area contributed by atoms with Gasteiger partial charge in [0.25, 0.3) is 0 Å². The van der Waals surface area contributed by atoms with E-state index in [4.69, 9.17) is 16.3 Å². The minimum absolute atomic E-state index is 0.238. The fourth-order valence-corrected chi connectivity index (χ4v) is 4.23. The van der Waals surface area contributed by atoms with Crippen molar-refractivity contribution in [3.05, 3.63) is 47.1 Å². The van der Waals surface area contributed by atoms with Gasteiger partial charge in [-0.1, -0.05) is 11.6 Å². The Balaban J connectivity index is 1.72. The van der Waals surface area contributed by atoms with Crippen molar-refractivity contribution in [2.75, 3.05) is 13.1 Å². The van der Waals surface area contributed by atoms with E-state index in [0.29, 0.717) is 24.0 Å². The Hall–Kier alpha value is -1.70. The van der Waals surface area contributed by atoms with Crippen LogP contribution in [0.15, 0.2) is 41.3 Å². The van der Waals surface area contributed by atoms with E-state index in [2.05, 4.69) is 10.2 Å². The molecule has 1 aromatic heterocycles. The lowest BCUT2D eigenvalue weighted by Crippen LogP contribution is -2.44. The molecule has 1 atom stereocenters. The van der Waals surface area contributed by atoms with Gasteiger partial charge in [0.05, 0.1) is 17.1 Å². The number of aryl methyl sites for hydroxylation is 1.